The average molecular weight is 470 g/mol. The Kier molecular flexibility index (Phi) is 4.26. The second-order valence-electron chi connectivity index (χ2n) is 10.1. The molecule has 3 aromatic rings. The summed E-state index contributed by atoms with van der Waals surface area (Å²) in [6.45, 7) is 2.67. The third-order valence-electron chi connectivity index (χ3n) is 8.51. The van der Waals surface area contributed by atoms with Crippen molar-refractivity contribution < 1.29 is 9.59 Å². The molecule has 0 spiro atoms. The smallest absolute Gasteiger partial charge is 0.254 e. The minimum absolute atomic E-state index is 0.131. The summed E-state index contributed by atoms with van der Waals surface area (Å²) in [6, 6.07) is 16.0. The maximum absolute atomic E-state index is 13.3. The van der Waals surface area contributed by atoms with Crippen molar-refractivity contribution >= 4 is 40.5 Å². The van der Waals surface area contributed by atoms with Gasteiger partial charge in [0.05, 0.1) is 18.1 Å². The quantitative estimate of drug-likeness (QED) is 0.305. The van der Waals surface area contributed by atoms with Gasteiger partial charge in [0.1, 0.15) is 0 Å². The predicted octanol–water partition coefficient (Wildman–Crippen LogP) is 5.04. The molecule has 2 saturated carbocycles. The number of hydrogen-bond donors (Lipinski definition) is 0. The van der Waals surface area contributed by atoms with Crippen LogP contribution in [0.1, 0.15) is 23.2 Å². The number of rotatable bonds is 4. The fraction of sp³-hybridized carbons (Fsp3) is 0.321. The van der Waals surface area contributed by atoms with Crippen molar-refractivity contribution in [2.75, 3.05) is 0 Å². The molecule has 2 bridgehead atoms. The largest absolute Gasteiger partial charge is 0.340 e. The Morgan fingerprint density at radius 3 is 2.32 bits per heavy atom. The number of benzene rings is 2. The SMILES string of the molecule is Cc1c(/C=N\N2C(=O)[C@@H]3[C@H]4C=C[C@@H]([C@@H]5C[C@@H]45)[C@@H]3C2=O)c2ccccc2n1Cc1ccccc1Cl. The number of carbonyl (C=O) groups excluding carboxylic acids is 2. The van der Waals surface area contributed by atoms with Crippen LogP contribution < -0.4 is 0 Å². The molecule has 0 unspecified atom stereocenters. The summed E-state index contributed by atoms with van der Waals surface area (Å²) < 4.78 is 2.21. The van der Waals surface area contributed by atoms with Crippen LogP contribution in [0.5, 0.6) is 0 Å². The molecule has 3 fully saturated rings. The number of hydrazone groups is 1. The molecule has 170 valence electrons. The Hall–Kier alpha value is -3.18. The molecule has 4 aliphatic carbocycles. The summed E-state index contributed by atoms with van der Waals surface area (Å²) in [7, 11) is 0. The maximum Gasteiger partial charge on any atom is 0.254 e. The van der Waals surface area contributed by atoms with Crippen LogP contribution in [-0.2, 0) is 16.1 Å². The fourth-order valence-electron chi connectivity index (χ4n) is 6.79. The van der Waals surface area contributed by atoms with Crippen molar-refractivity contribution in [1.29, 1.82) is 0 Å². The van der Waals surface area contributed by atoms with Gasteiger partial charge >= 0.3 is 0 Å². The van der Waals surface area contributed by atoms with Crippen LogP contribution in [0.15, 0.2) is 65.8 Å². The third-order valence-corrected chi connectivity index (χ3v) is 8.88. The van der Waals surface area contributed by atoms with Crippen LogP contribution in [0.4, 0.5) is 0 Å². The molecule has 6 heteroatoms. The van der Waals surface area contributed by atoms with Gasteiger partial charge in [0.2, 0.25) is 0 Å². The molecule has 2 aromatic carbocycles. The molecule has 0 radical (unpaired) electrons. The van der Waals surface area contributed by atoms with Gasteiger partial charge in [-0.25, -0.2) is 0 Å². The van der Waals surface area contributed by atoms with Crippen molar-refractivity contribution in [3.8, 4) is 0 Å². The molecule has 1 saturated heterocycles. The van der Waals surface area contributed by atoms with E-state index in [0.717, 1.165) is 44.2 Å². The van der Waals surface area contributed by atoms with Gasteiger partial charge in [-0.1, -0.05) is 60.2 Å². The van der Waals surface area contributed by atoms with Gasteiger partial charge in [0, 0.05) is 33.7 Å². The van der Waals surface area contributed by atoms with E-state index in [1.165, 1.54) is 0 Å². The van der Waals surface area contributed by atoms with Crippen LogP contribution in [0.3, 0.4) is 0 Å². The lowest BCUT2D eigenvalue weighted by Crippen LogP contribution is -2.40. The second-order valence-corrected chi connectivity index (χ2v) is 10.5. The van der Waals surface area contributed by atoms with Crippen molar-refractivity contribution in [3.05, 3.63) is 82.5 Å². The number of para-hydroxylation sites is 1. The van der Waals surface area contributed by atoms with Crippen molar-refractivity contribution in [2.24, 2.45) is 40.6 Å². The number of fused-ring (bicyclic) bond motifs is 1. The first-order chi connectivity index (χ1) is 16.5. The summed E-state index contributed by atoms with van der Waals surface area (Å²) in [5.41, 5.74) is 4.04. The average Bonchev–Trinajstić information content (AvgIpc) is 3.59. The highest BCUT2D eigenvalue weighted by Crippen LogP contribution is 2.65. The third kappa shape index (κ3) is 2.70. The Labute approximate surface area is 202 Å². The van der Waals surface area contributed by atoms with E-state index in [1.54, 1.807) is 6.21 Å². The van der Waals surface area contributed by atoms with Gasteiger partial charge in [0.25, 0.3) is 11.8 Å². The molecule has 34 heavy (non-hydrogen) atoms. The minimum atomic E-state index is -0.230. The zero-order valence-electron chi connectivity index (χ0n) is 18.8. The van der Waals surface area contributed by atoms with Gasteiger partial charge < -0.3 is 4.57 Å². The van der Waals surface area contributed by atoms with Crippen LogP contribution in [0.25, 0.3) is 10.9 Å². The Bertz CT molecular complexity index is 1400. The van der Waals surface area contributed by atoms with E-state index in [-0.39, 0.29) is 35.5 Å². The van der Waals surface area contributed by atoms with Gasteiger partial charge in [-0.05, 0) is 54.7 Å². The highest BCUT2D eigenvalue weighted by molar-refractivity contribution is 6.31. The van der Waals surface area contributed by atoms with Crippen LogP contribution in [0.2, 0.25) is 5.02 Å². The topological polar surface area (TPSA) is 54.7 Å². The number of hydrogen-bond acceptors (Lipinski definition) is 3. The molecule has 5 nitrogen and oxygen atoms in total. The summed E-state index contributed by atoms with van der Waals surface area (Å²) in [4.78, 5) is 26.6. The number of aromatic nitrogens is 1. The number of allylic oxidation sites excluding steroid dienone is 2. The molecule has 5 aliphatic rings. The molecule has 6 atom stereocenters. The van der Waals surface area contributed by atoms with E-state index >= 15 is 0 Å². The number of imide groups is 1. The second kappa shape index (κ2) is 7.16. The van der Waals surface area contributed by atoms with E-state index < -0.39 is 0 Å². The monoisotopic (exact) mass is 469 g/mol. The van der Waals surface area contributed by atoms with Gasteiger partial charge in [0.15, 0.2) is 0 Å². The molecule has 0 N–H and O–H groups in total. The molecule has 2 heterocycles. The lowest BCUT2D eigenvalue weighted by atomic mass is 9.63. The van der Waals surface area contributed by atoms with E-state index in [2.05, 4.69) is 34.0 Å². The molecule has 8 rings (SSSR count). The van der Waals surface area contributed by atoms with Crippen LogP contribution >= 0.6 is 11.6 Å². The molecule has 1 aromatic heterocycles. The zero-order chi connectivity index (χ0) is 23.1. The summed E-state index contributed by atoms with van der Waals surface area (Å²) in [6.07, 6.45) is 7.23. The number of carbonyl (C=O) groups is 2. The summed E-state index contributed by atoms with van der Waals surface area (Å²) in [5.74, 6) is 0.856. The zero-order valence-corrected chi connectivity index (χ0v) is 19.5. The highest BCUT2D eigenvalue weighted by Gasteiger charge is 2.67. The van der Waals surface area contributed by atoms with Crippen molar-refractivity contribution in [1.82, 2.24) is 9.58 Å². The Balaban J connectivity index is 1.25. The first kappa shape index (κ1) is 20.2. The molecule has 1 aliphatic heterocycles. The van der Waals surface area contributed by atoms with Gasteiger partial charge in [-0.3, -0.25) is 9.59 Å². The van der Waals surface area contributed by atoms with Crippen molar-refractivity contribution in [2.45, 2.75) is 19.9 Å². The Morgan fingerprint density at radius 2 is 1.62 bits per heavy atom. The van der Waals surface area contributed by atoms with Gasteiger partial charge in [-0.2, -0.15) is 10.1 Å². The summed E-state index contributed by atoms with van der Waals surface area (Å²) in [5, 5.41) is 7.43. The first-order valence-corrected chi connectivity index (χ1v) is 12.3. The standard InChI is InChI=1S/C28H24ClN3O2/c1-15-22(17-7-3-5-9-24(17)31(15)14-16-6-2-4-8-23(16)29)13-30-32-27(33)25-18-10-11-19(21-12-20(18)21)26(25)28(32)34/h2-11,13,18-21,25-26H,12,14H2,1H3/b30-13-/t18-,19-,20-,21-,25-,26+/m0/s1. The molecular weight excluding hydrogens is 446 g/mol. The first-order valence-electron chi connectivity index (χ1n) is 12.0. The molecule has 2 amide bonds. The fourth-order valence-corrected chi connectivity index (χ4v) is 6.99. The minimum Gasteiger partial charge on any atom is -0.340 e. The predicted molar refractivity (Wildman–Crippen MR) is 131 cm³/mol. The van der Waals surface area contributed by atoms with E-state index in [1.807, 2.05) is 43.3 Å². The molecular formula is C28H24ClN3O2. The van der Waals surface area contributed by atoms with E-state index in [4.69, 9.17) is 11.6 Å². The number of halogens is 1. The normalized spacial score (nSPS) is 31.1. The number of nitrogens with zero attached hydrogens (tertiary/aromatic N) is 3. The van der Waals surface area contributed by atoms with Crippen LogP contribution in [-0.4, -0.2) is 27.6 Å². The number of amides is 2. The van der Waals surface area contributed by atoms with E-state index in [9.17, 15) is 9.59 Å². The lowest BCUT2D eigenvalue weighted by molar-refractivity contribution is -0.140. The maximum atomic E-state index is 13.3. The van der Waals surface area contributed by atoms with Crippen molar-refractivity contribution in [3.63, 3.8) is 0 Å². The van der Waals surface area contributed by atoms with Crippen LogP contribution in [0, 0.1) is 42.4 Å². The van der Waals surface area contributed by atoms with E-state index in [0.29, 0.717) is 18.4 Å². The lowest BCUT2D eigenvalue weighted by Gasteiger charge is -2.37. The Morgan fingerprint density at radius 1 is 0.971 bits per heavy atom. The van der Waals surface area contributed by atoms with Gasteiger partial charge in [-0.15, -0.1) is 0 Å². The highest BCUT2D eigenvalue weighted by atomic mass is 35.5. The summed E-state index contributed by atoms with van der Waals surface area (Å²) >= 11 is 6.44.